The van der Waals surface area contributed by atoms with Crippen molar-refractivity contribution >= 4 is 5.96 Å². The molecule has 23 heavy (non-hydrogen) atoms. The second-order valence-corrected chi connectivity index (χ2v) is 5.91. The zero-order valence-corrected chi connectivity index (χ0v) is 13.9. The molecule has 0 aliphatic carbocycles. The van der Waals surface area contributed by atoms with Crippen molar-refractivity contribution in [2.24, 2.45) is 4.99 Å². The van der Waals surface area contributed by atoms with Gasteiger partial charge in [-0.05, 0) is 24.6 Å². The SMILES string of the molecule is CN=C(NCc1nc(C)no1)NCC(C)(C)c1cccc(F)c1. The van der Waals surface area contributed by atoms with Gasteiger partial charge in [0, 0.05) is 19.0 Å². The summed E-state index contributed by atoms with van der Waals surface area (Å²) in [5.74, 6) is 1.47. The number of halogens is 1. The smallest absolute Gasteiger partial charge is 0.246 e. The summed E-state index contributed by atoms with van der Waals surface area (Å²) in [6.07, 6.45) is 0. The Morgan fingerprint density at radius 3 is 2.74 bits per heavy atom. The molecule has 0 radical (unpaired) electrons. The lowest BCUT2D eigenvalue weighted by atomic mass is 9.84. The summed E-state index contributed by atoms with van der Waals surface area (Å²) in [4.78, 5) is 8.27. The predicted octanol–water partition coefficient (Wildman–Crippen LogP) is 2.16. The van der Waals surface area contributed by atoms with Crippen molar-refractivity contribution in [1.82, 2.24) is 20.8 Å². The van der Waals surface area contributed by atoms with Crippen LogP contribution >= 0.6 is 0 Å². The van der Waals surface area contributed by atoms with E-state index in [2.05, 4.69) is 25.8 Å². The van der Waals surface area contributed by atoms with E-state index < -0.39 is 0 Å². The van der Waals surface area contributed by atoms with Crippen LogP contribution in [0.25, 0.3) is 0 Å². The molecule has 0 atom stereocenters. The van der Waals surface area contributed by atoms with Gasteiger partial charge in [0.1, 0.15) is 5.82 Å². The number of nitrogens with one attached hydrogen (secondary N) is 2. The second-order valence-electron chi connectivity index (χ2n) is 5.91. The maximum absolute atomic E-state index is 13.4. The molecule has 1 aromatic carbocycles. The Balaban J connectivity index is 1.91. The van der Waals surface area contributed by atoms with Crippen molar-refractivity contribution in [2.45, 2.75) is 32.7 Å². The molecule has 0 fully saturated rings. The summed E-state index contributed by atoms with van der Waals surface area (Å²) >= 11 is 0. The van der Waals surface area contributed by atoms with Crippen LogP contribution in [0.15, 0.2) is 33.8 Å². The van der Waals surface area contributed by atoms with E-state index in [-0.39, 0.29) is 11.2 Å². The maximum atomic E-state index is 13.4. The molecule has 0 saturated heterocycles. The Labute approximate surface area is 135 Å². The molecule has 0 aliphatic rings. The van der Waals surface area contributed by atoms with Crippen LogP contribution in [-0.4, -0.2) is 29.7 Å². The average molecular weight is 319 g/mol. The topological polar surface area (TPSA) is 75.3 Å². The van der Waals surface area contributed by atoms with Crippen molar-refractivity contribution in [3.05, 3.63) is 47.4 Å². The van der Waals surface area contributed by atoms with Gasteiger partial charge in [-0.25, -0.2) is 4.39 Å². The van der Waals surface area contributed by atoms with E-state index in [4.69, 9.17) is 4.52 Å². The van der Waals surface area contributed by atoms with Crippen molar-refractivity contribution in [1.29, 1.82) is 0 Å². The third-order valence-electron chi connectivity index (χ3n) is 3.50. The highest BCUT2D eigenvalue weighted by molar-refractivity contribution is 5.79. The highest BCUT2D eigenvalue weighted by atomic mass is 19.1. The standard InChI is InChI=1S/C16H22FN5O/c1-11-21-14(23-22-11)9-19-15(18-4)20-10-16(2,3)12-6-5-7-13(17)8-12/h5-8H,9-10H2,1-4H3,(H2,18,19,20). The molecule has 0 aliphatic heterocycles. The van der Waals surface area contributed by atoms with Crippen LogP contribution in [0, 0.1) is 12.7 Å². The normalized spacial score (nSPS) is 12.3. The van der Waals surface area contributed by atoms with Gasteiger partial charge in [0.2, 0.25) is 5.89 Å². The van der Waals surface area contributed by atoms with Gasteiger partial charge in [-0.2, -0.15) is 4.98 Å². The molecule has 2 rings (SSSR count). The predicted molar refractivity (Wildman–Crippen MR) is 86.7 cm³/mol. The number of rotatable bonds is 5. The van der Waals surface area contributed by atoms with Gasteiger partial charge in [0.15, 0.2) is 11.8 Å². The Hall–Kier alpha value is -2.44. The summed E-state index contributed by atoms with van der Waals surface area (Å²) < 4.78 is 18.4. The first-order chi connectivity index (χ1) is 10.9. The molecule has 1 heterocycles. The first kappa shape index (κ1) is 16.9. The van der Waals surface area contributed by atoms with Crippen LogP contribution < -0.4 is 10.6 Å². The Bertz CT molecular complexity index is 681. The van der Waals surface area contributed by atoms with Crippen LogP contribution in [0.4, 0.5) is 4.39 Å². The van der Waals surface area contributed by atoms with Gasteiger partial charge in [0.25, 0.3) is 0 Å². The lowest BCUT2D eigenvalue weighted by molar-refractivity contribution is 0.371. The number of benzene rings is 1. The first-order valence-electron chi connectivity index (χ1n) is 7.40. The minimum Gasteiger partial charge on any atom is -0.356 e. The third kappa shape index (κ3) is 4.77. The number of aromatic nitrogens is 2. The van der Waals surface area contributed by atoms with Crippen molar-refractivity contribution in [3.63, 3.8) is 0 Å². The van der Waals surface area contributed by atoms with Gasteiger partial charge >= 0.3 is 0 Å². The number of nitrogens with zero attached hydrogens (tertiary/aromatic N) is 3. The fourth-order valence-corrected chi connectivity index (χ4v) is 2.11. The quantitative estimate of drug-likeness (QED) is 0.652. The first-order valence-corrected chi connectivity index (χ1v) is 7.40. The molecular formula is C16H22FN5O. The number of hydrogen-bond donors (Lipinski definition) is 2. The number of hydrogen-bond acceptors (Lipinski definition) is 4. The summed E-state index contributed by atoms with van der Waals surface area (Å²) in [7, 11) is 1.68. The fraction of sp³-hybridized carbons (Fsp3) is 0.438. The van der Waals surface area contributed by atoms with Crippen LogP contribution in [0.2, 0.25) is 0 Å². The van der Waals surface area contributed by atoms with Crippen LogP contribution in [0.1, 0.15) is 31.1 Å². The largest absolute Gasteiger partial charge is 0.356 e. The Morgan fingerprint density at radius 1 is 1.35 bits per heavy atom. The molecular weight excluding hydrogens is 297 g/mol. The molecule has 0 saturated carbocycles. The second kappa shape index (κ2) is 7.21. The fourth-order valence-electron chi connectivity index (χ4n) is 2.11. The molecule has 2 N–H and O–H groups in total. The van der Waals surface area contributed by atoms with E-state index in [9.17, 15) is 4.39 Å². The monoisotopic (exact) mass is 319 g/mol. The zero-order valence-electron chi connectivity index (χ0n) is 13.9. The van der Waals surface area contributed by atoms with E-state index in [1.165, 1.54) is 6.07 Å². The van der Waals surface area contributed by atoms with Crippen molar-refractivity contribution in [3.8, 4) is 0 Å². The highest BCUT2D eigenvalue weighted by Crippen LogP contribution is 2.22. The highest BCUT2D eigenvalue weighted by Gasteiger charge is 2.21. The molecule has 6 nitrogen and oxygen atoms in total. The molecule has 1 aromatic heterocycles. The van der Waals surface area contributed by atoms with Gasteiger partial charge in [0.05, 0.1) is 6.54 Å². The summed E-state index contributed by atoms with van der Waals surface area (Å²) in [5, 5.41) is 10.1. The number of aliphatic imine (C=N–C) groups is 1. The summed E-state index contributed by atoms with van der Waals surface area (Å²) in [6, 6.07) is 6.64. The van der Waals surface area contributed by atoms with Crippen molar-refractivity contribution < 1.29 is 8.91 Å². The van der Waals surface area contributed by atoms with Crippen LogP contribution in [-0.2, 0) is 12.0 Å². The third-order valence-corrected chi connectivity index (χ3v) is 3.50. The van der Waals surface area contributed by atoms with Crippen LogP contribution in [0.3, 0.4) is 0 Å². The van der Waals surface area contributed by atoms with E-state index >= 15 is 0 Å². The molecule has 0 spiro atoms. The Morgan fingerprint density at radius 2 is 2.13 bits per heavy atom. The van der Waals surface area contributed by atoms with Crippen LogP contribution in [0.5, 0.6) is 0 Å². The molecule has 124 valence electrons. The number of aryl methyl sites for hydroxylation is 1. The molecule has 2 aromatic rings. The minimum atomic E-state index is -0.249. The average Bonchev–Trinajstić information content (AvgIpc) is 2.93. The molecule has 0 amide bonds. The zero-order chi connectivity index (χ0) is 16.9. The van der Waals surface area contributed by atoms with Gasteiger partial charge in [-0.1, -0.05) is 31.1 Å². The number of guanidine groups is 1. The lowest BCUT2D eigenvalue weighted by Gasteiger charge is -2.26. The summed E-state index contributed by atoms with van der Waals surface area (Å²) in [5.41, 5.74) is 0.675. The molecule has 0 unspecified atom stereocenters. The van der Waals surface area contributed by atoms with Crippen molar-refractivity contribution in [2.75, 3.05) is 13.6 Å². The Kier molecular flexibility index (Phi) is 5.31. The summed E-state index contributed by atoms with van der Waals surface area (Å²) in [6.45, 7) is 6.84. The van der Waals surface area contributed by atoms with E-state index in [0.29, 0.717) is 30.8 Å². The maximum Gasteiger partial charge on any atom is 0.246 e. The molecule has 7 heteroatoms. The van der Waals surface area contributed by atoms with Gasteiger partial charge < -0.3 is 15.2 Å². The molecule has 0 bridgehead atoms. The van der Waals surface area contributed by atoms with E-state index in [1.54, 1.807) is 26.1 Å². The van der Waals surface area contributed by atoms with E-state index in [1.807, 2.05) is 19.9 Å². The minimum absolute atomic E-state index is 0.232. The van der Waals surface area contributed by atoms with Gasteiger partial charge in [-0.15, -0.1) is 0 Å². The lowest BCUT2D eigenvalue weighted by Crippen LogP contribution is -2.43. The van der Waals surface area contributed by atoms with Gasteiger partial charge in [-0.3, -0.25) is 4.99 Å². The van der Waals surface area contributed by atoms with E-state index in [0.717, 1.165) is 5.56 Å².